The average Bonchev–Trinajstić information content (AvgIpc) is 2.54. The van der Waals surface area contributed by atoms with Gasteiger partial charge in [-0.1, -0.05) is 5.16 Å². The van der Waals surface area contributed by atoms with Gasteiger partial charge >= 0.3 is 0 Å². The van der Waals surface area contributed by atoms with E-state index in [1.807, 2.05) is 0 Å². The predicted octanol–water partition coefficient (Wildman–Crippen LogP) is -0.373. The van der Waals surface area contributed by atoms with Crippen LogP contribution in [0, 0.1) is 12.3 Å². The third-order valence-corrected chi connectivity index (χ3v) is 1.47. The lowest BCUT2D eigenvalue weighted by atomic mass is 10.2. The van der Waals surface area contributed by atoms with Gasteiger partial charge in [0.15, 0.2) is 5.82 Å². The number of rotatable bonds is 4. The molecule has 1 rings (SSSR count). The van der Waals surface area contributed by atoms with Crippen molar-refractivity contribution in [2.45, 2.75) is 18.9 Å². The second kappa shape index (κ2) is 4.60. The number of terminal acetylenes is 1. The van der Waals surface area contributed by atoms with Crippen LogP contribution in [0.1, 0.15) is 24.2 Å². The Bertz CT molecular complexity index is 303. The van der Waals surface area contributed by atoms with Crippen LogP contribution >= 0.6 is 0 Å². The van der Waals surface area contributed by atoms with Crippen molar-refractivity contribution in [3.8, 4) is 12.3 Å². The van der Waals surface area contributed by atoms with Gasteiger partial charge in [0.05, 0.1) is 12.6 Å². The quantitative estimate of drug-likeness (QED) is 0.619. The maximum atomic E-state index is 8.59. The third-order valence-electron chi connectivity index (χ3n) is 1.47. The van der Waals surface area contributed by atoms with Gasteiger partial charge in [-0.2, -0.15) is 4.98 Å². The zero-order valence-electron chi connectivity index (χ0n) is 7.10. The first-order valence-corrected chi connectivity index (χ1v) is 3.90. The molecule has 0 spiro atoms. The van der Waals surface area contributed by atoms with Crippen molar-refractivity contribution in [2.24, 2.45) is 5.73 Å². The van der Waals surface area contributed by atoms with Crippen molar-refractivity contribution in [3.05, 3.63) is 11.7 Å². The van der Waals surface area contributed by atoms with E-state index in [4.69, 9.17) is 21.8 Å². The lowest BCUT2D eigenvalue weighted by Gasteiger charge is -1.98. The van der Waals surface area contributed by atoms with Crippen LogP contribution in [-0.4, -0.2) is 21.9 Å². The van der Waals surface area contributed by atoms with Crippen LogP contribution in [0.25, 0.3) is 0 Å². The Morgan fingerprint density at radius 3 is 3.08 bits per heavy atom. The topological polar surface area (TPSA) is 85.2 Å². The van der Waals surface area contributed by atoms with Crippen LogP contribution in [0.4, 0.5) is 0 Å². The van der Waals surface area contributed by atoms with Crippen LogP contribution < -0.4 is 5.73 Å². The molecule has 0 aliphatic rings. The zero-order valence-corrected chi connectivity index (χ0v) is 7.10. The second-order valence-electron chi connectivity index (χ2n) is 2.54. The van der Waals surface area contributed by atoms with E-state index in [1.165, 1.54) is 0 Å². The second-order valence-corrected chi connectivity index (χ2v) is 2.54. The Labute approximate surface area is 75.9 Å². The monoisotopic (exact) mass is 181 g/mol. The van der Waals surface area contributed by atoms with Crippen molar-refractivity contribution >= 4 is 0 Å². The fraction of sp³-hybridized carbons (Fsp3) is 0.500. The van der Waals surface area contributed by atoms with Crippen molar-refractivity contribution < 1.29 is 9.63 Å². The van der Waals surface area contributed by atoms with Gasteiger partial charge < -0.3 is 15.4 Å². The summed E-state index contributed by atoms with van der Waals surface area (Å²) in [4.78, 5) is 3.96. The van der Waals surface area contributed by atoms with Gasteiger partial charge in [0, 0.05) is 12.8 Å². The Morgan fingerprint density at radius 1 is 1.69 bits per heavy atom. The molecular formula is C8H11N3O2. The van der Waals surface area contributed by atoms with Crippen molar-refractivity contribution in [1.82, 2.24) is 10.1 Å². The predicted molar refractivity (Wildman–Crippen MR) is 45.5 cm³/mol. The van der Waals surface area contributed by atoms with Crippen molar-refractivity contribution in [2.75, 3.05) is 6.61 Å². The van der Waals surface area contributed by atoms with Crippen LogP contribution in [0.2, 0.25) is 0 Å². The molecule has 13 heavy (non-hydrogen) atoms. The van der Waals surface area contributed by atoms with E-state index in [9.17, 15) is 0 Å². The molecule has 5 heteroatoms. The van der Waals surface area contributed by atoms with Gasteiger partial charge in [-0.15, -0.1) is 12.3 Å². The average molecular weight is 181 g/mol. The number of aliphatic hydroxyl groups is 1. The first kappa shape index (κ1) is 9.71. The van der Waals surface area contributed by atoms with Crippen LogP contribution in [0.15, 0.2) is 4.52 Å². The van der Waals surface area contributed by atoms with Gasteiger partial charge in [-0.05, 0) is 0 Å². The highest BCUT2D eigenvalue weighted by molar-refractivity contribution is 4.98. The minimum absolute atomic E-state index is 0.0106. The first-order chi connectivity index (χ1) is 6.27. The molecule has 5 nitrogen and oxygen atoms in total. The zero-order chi connectivity index (χ0) is 9.68. The van der Waals surface area contributed by atoms with Gasteiger partial charge in [0.25, 0.3) is 0 Å². The lowest BCUT2D eigenvalue weighted by Crippen LogP contribution is -2.09. The van der Waals surface area contributed by atoms with Gasteiger partial charge in [-0.3, -0.25) is 0 Å². The summed E-state index contributed by atoms with van der Waals surface area (Å²) in [6, 6.07) is -0.412. The molecule has 1 aromatic rings. The summed E-state index contributed by atoms with van der Waals surface area (Å²) in [5, 5.41) is 12.2. The van der Waals surface area contributed by atoms with Gasteiger partial charge in [0.1, 0.15) is 0 Å². The molecule has 70 valence electrons. The molecule has 1 aromatic heterocycles. The normalized spacial score (nSPS) is 12.4. The molecule has 0 saturated heterocycles. The van der Waals surface area contributed by atoms with Crippen LogP contribution in [0.3, 0.4) is 0 Å². The summed E-state index contributed by atoms with van der Waals surface area (Å²) >= 11 is 0. The summed E-state index contributed by atoms with van der Waals surface area (Å²) < 4.78 is 4.84. The number of nitrogens with two attached hydrogens (primary N) is 1. The molecule has 0 fully saturated rings. The lowest BCUT2D eigenvalue weighted by molar-refractivity contribution is 0.292. The molecule has 1 unspecified atom stereocenters. The number of aliphatic hydroxyl groups excluding tert-OH is 1. The maximum absolute atomic E-state index is 8.59. The Kier molecular flexibility index (Phi) is 3.43. The minimum Gasteiger partial charge on any atom is -0.396 e. The molecule has 0 amide bonds. The fourth-order valence-electron chi connectivity index (χ4n) is 0.834. The van der Waals surface area contributed by atoms with E-state index < -0.39 is 6.04 Å². The molecule has 0 aliphatic carbocycles. The van der Waals surface area contributed by atoms with E-state index in [2.05, 4.69) is 16.1 Å². The van der Waals surface area contributed by atoms with E-state index in [0.29, 0.717) is 24.6 Å². The standard InChI is InChI=1S/C8H11N3O2/c1-2-3-6(9)8-10-7(4-5-12)11-13-8/h1,6,12H,3-5,9H2. The minimum atomic E-state index is -0.412. The Morgan fingerprint density at radius 2 is 2.46 bits per heavy atom. The van der Waals surface area contributed by atoms with Gasteiger partial charge in [0.2, 0.25) is 5.89 Å². The van der Waals surface area contributed by atoms with Crippen molar-refractivity contribution in [3.63, 3.8) is 0 Å². The maximum Gasteiger partial charge on any atom is 0.244 e. The smallest absolute Gasteiger partial charge is 0.244 e. The molecule has 0 radical (unpaired) electrons. The molecule has 0 bridgehead atoms. The van der Waals surface area contributed by atoms with Crippen molar-refractivity contribution in [1.29, 1.82) is 0 Å². The van der Waals surface area contributed by atoms with E-state index in [0.717, 1.165) is 0 Å². The Hall–Kier alpha value is -1.38. The molecular weight excluding hydrogens is 170 g/mol. The summed E-state index contributed by atoms with van der Waals surface area (Å²) in [7, 11) is 0. The van der Waals surface area contributed by atoms with E-state index >= 15 is 0 Å². The summed E-state index contributed by atoms with van der Waals surface area (Å²) in [5.74, 6) is 3.17. The summed E-state index contributed by atoms with van der Waals surface area (Å²) in [5.41, 5.74) is 5.61. The SMILES string of the molecule is C#CCC(N)c1nc(CCO)no1. The van der Waals surface area contributed by atoms with Gasteiger partial charge in [-0.25, -0.2) is 0 Å². The summed E-state index contributed by atoms with van der Waals surface area (Å²) in [6.07, 6.45) is 5.80. The highest BCUT2D eigenvalue weighted by Crippen LogP contribution is 2.10. The third kappa shape index (κ3) is 2.54. The number of hydrogen-bond acceptors (Lipinski definition) is 5. The van der Waals surface area contributed by atoms with E-state index in [1.54, 1.807) is 0 Å². The summed E-state index contributed by atoms with van der Waals surface area (Å²) in [6.45, 7) is -0.0106. The highest BCUT2D eigenvalue weighted by atomic mass is 16.5. The number of hydrogen-bond donors (Lipinski definition) is 2. The fourth-order valence-corrected chi connectivity index (χ4v) is 0.834. The molecule has 1 heterocycles. The first-order valence-electron chi connectivity index (χ1n) is 3.90. The molecule has 1 atom stereocenters. The molecule has 3 N–H and O–H groups in total. The highest BCUT2D eigenvalue weighted by Gasteiger charge is 2.12. The van der Waals surface area contributed by atoms with E-state index in [-0.39, 0.29) is 6.61 Å². The molecule has 0 aromatic carbocycles. The molecule has 0 saturated carbocycles. The largest absolute Gasteiger partial charge is 0.396 e. The number of aromatic nitrogens is 2. The number of nitrogens with zero attached hydrogens (tertiary/aromatic N) is 2. The van der Waals surface area contributed by atoms with Crippen LogP contribution in [-0.2, 0) is 6.42 Å². The van der Waals surface area contributed by atoms with Crippen LogP contribution in [0.5, 0.6) is 0 Å². The Balaban J connectivity index is 2.63. The molecule has 0 aliphatic heterocycles.